The Morgan fingerprint density at radius 1 is 1.20 bits per heavy atom. The third-order valence-corrected chi connectivity index (χ3v) is 5.84. The number of likely N-dealkylation sites (N-methyl/N-ethyl adjacent to an activating group) is 1. The number of aromatic nitrogens is 4. The highest BCUT2D eigenvalue weighted by Gasteiger charge is 2.26. The van der Waals surface area contributed by atoms with Gasteiger partial charge in [0.05, 0.1) is 11.7 Å². The number of nitrogens with one attached hydrogen (secondary N) is 1. The van der Waals surface area contributed by atoms with Crippen LogP contribution in [0.25, 0.3) is 16.8 Å². The average Bonchev–Trinajstić information content (AvgIpc) is 3.44. The van der Waals surface area contributed by atoms with Gasteiger partial charge in [0, 0.05) is 18.2 Å². The van der Waals surface area contributed by atoms with E-state index >= 15 is 0 Å². The van der Waals surface area contributed by atoms with E-state index in [9.17, 15) is 8.78 Å². The van der Waals surface area contributed by atoms with Crippen molar-refractivity contribution in [2.24, 2.45) is 0 Å². The number of benzene rings is 1. The van der Waals surface area contributed by atoms with Gasteiger partial charge in [0.25, 0.3) is 0 Å². The van der Waals surface area contributed by atoms with Crippen molar-refractivity contribution < 1.29 is 13.5 Å². The predicted molar refractivity (Wildman–Crippen MR) is 109 cm³/mol. The summed E-state index contributed by atoms with van der Waals surface area (Å²) in [5.74, 6) is 1.15. The van der Waals surface area contributed by atoms with Crippen LogP contribution in [0.3, 0.4) is 0 Å². The van der Waals surface area contributed by atoms with E-state index in [0.717, 1.165) is 44.3 Å². The zero-order valence-corrected chi connectivity index (χ0v) is 16.8. The maximum Gasteiger partial charge on any atom is 0.387 e. The van der Waals surface area contributed by atoms with Gasteiger partial charge in [-0.15, -0.1) is 10.2 Å². The van der Waals surface area contributed by atoms with Gasteiger partial charge in [-0.3, -0.25) is 4.40 Å². The minimum Gasteiger partial charge on any atom is -0.434 e. The zero-order valence-electron chi connectivity index (χ0n) is 16.8. The Bertz CT molecular complexity index is 1050. The van der Waals surface area contributed by atoms with Crippen LogP contribution in [0.1, 0.15) is 37.2 Å². The van der Waals surface area contributed by atoms with Crippen LogP contribution in [0, 0.1) is 0 Å². The van der Waals surface area contributed by atoms with Crippen LogP contribution in [0.4, 0.5) is 14.7 Å². The number of imidazole rings is 1. The van der Waals surface area contributed by atoms with Gasteiger partial charge >= 0.3 is 6.61 Å². The van der Waals surface area contributed by atoms with Gasteiger partial charge in [0.15, 0.2) is 0 Å². The molecule has 1 aliphatic carbocycles. The quantitative estimate of drug-likeness (QED) is 0.662. The highest BCUT2D eigenvalue weighted by molar-refractivity contribution is 5.81. The lowest BCUT2D eigenvalue weighted by atomic mass is 10.0. The summed E-state index contributed by atoms with van der Waals surface area (Å²) < 4.78 is 32.8. The number of piperidine rings is 1. The first kappa shape index (κ1) is 19.2. The molecule has 0 spiro atoms. The van der Waals surface area contributed by atoms with Crippen LogP contribution in [0.5, 0.6) is 5.75 Å². The van der Waals surface area contributed by atoms with Crippen LogP contribution in [-0.2, 0) is 0 Å². The molecular weight excluding hydrogens is 390 g/mol. The summed E-state index contributed by atoms with van der Waals surface area (Å²) in [6, 6.07) is 5.73. The fraction of sp³-hybridized carbons (Fsp3) is 0.476. The highest BCUT2D eigenvalue weighted by atomic mass is 19.3. The second kappa shape index (κ2) is 7.79. The normalized spacial score (nSPS) is 20.1. The number of fused-ring (bicyclic) bond motifs is 1. The molecule has 1 aliphatic heterocycles. The number of halogens is 2. The number of hydrogen-bond donors (Lipinski definition) is 1. The molecule has 5 rings (SSSR count). The van der Waals surface area contributed by atoms with Crippen LogP contribution in [0.15, 0.2) is 30.7 Å². The molecule has 0 radical (unpaired) electrons. The highest BCUT2D eigenvalue weighted by Crippen LogP contribution is 2.43. The molecule has 0 amide bonds. The van der Waals surface area contributed by atoms with Crippen molar-refractivity contribution in [3.8, 4) is 17.0 Å². The van der Waals surface area contributed by atoms with Crippen molar-refractivity contribution in [3.05, 3.63) is 36.3 Å². The largest absolute Gasteiger partial charge is 0.434 e. The van der Waals surface area contributed by atoms with Gasteiger partial charge < -0.3 is 15.0 Å². The number of ether oxygens (including phenoxy) is 1. The van der Waals surface area contributed by atoms with E-state index in [1.54, 1.807) is 24.7 Å². The first-order chi connectivity index (χ1) is 14.6. The number of anilines is 1. The fourth-order valence-electron chi connectivity index (χ4n) is 4.19. The Morgan fingerprint density at radius 2 is 2.07 bits per heavy atom. The minimum absolute atomic E-state index is 0.126. The van der Waals surface area contributed by atoms with E-state index in [1.807, 2.05) is 10.5 Å². The molecule has 2 aromatic heterocycles. The molecular formula is C21H24F2N6O. The summed E-state index contributed by atoms with van der Waals surface area (Å²) in [6.45, 7) is -0.891. The number of likely N-dealkylation sites (tertiary alicyclic amines) is 1. The van der Waals surface area contributed by atoms with E-state index in [1.165, 1.54) is 0 Å². The average molecular weight is 414 g/mol. The van der Waals surface area contributed by atoms with E-state index in [4.69, 9.17) is 4.74 Å². The molecule has 1 unspecified atom stereocenters. The summed E-state index contributed by atoms with van der Waals surface area (Å²) >= 11 is 0. The van der Waals surface area contributed by atoms with Crippen LogP contribution in [-0.4, -0.2) is 57.3 Å². The SMILES string of the molecule is CN1CCCC(Nc2nnc(-c3ccc(C4CC4)cc3OC(F)F)c3cncn23)C1. The Hall–Kier alpha value is -2.81. The van der Waals surface area contributed by atoms with E-state index < -0.39 is 6.61 Å². The monoisotopic (exact) mass is 414 g/mol. The van der Waals surface area contributed by atoms with E-state index in [0.29, 0.717) is 28.6 Å². The van der Waals surface area contributed by atoms with Crippen molar-refractivity contribution in [2.45, 2.75) is 44.3 Å². The van der Waals surface area contributed by atoms with Crippen LogP contribution >= 0.6 is 0 Å². The van der Waals surface area contributed by atoms with Gasteiger partial charge in [-0.1, -0.05) is 6.07 Å². The smallest absolute Gasteiger partial charge is 0.387 e. The van der Waals surface area contributed by atoms with Crippen molar-refractivity contribution in [2.75, 3.05) is 25.5 Å². The van der Waals surface area contributed by atoms with Crippen molar-refractivity contribution in [3.63, 3.8) is 0 Å². The third kappa shape index (κ3) is 3.81. The lowest BCUT2D eigenvalue weighted by Crippen LogP contribution is -2.40. The molecule has 1 N–H and O–H groups in total. The second-order valence-electron chi connectivity index (χ2n) is 8.18. The molecule has 30 heavy (non-hydrogen) atoms. The van der Waals surface area contributed by atoms with Crippen molar-refractivity contribution in [1.29, 1.82) is 0 Å². The molecule has 1 atom stereocenters. The van der Waals surface area contributed by atoms with Gasteiger partial charge in [-0.25, -0.2) is 4.98 Å². The van der Waals surface area contributed by atoms with Gasteiger partial charge in [-0.2, -0.15) is 8.78 Å². The molecule has 0 bridgehead atoms. The summed E-state index contributed by atoms with van der Waals surface area (Å²) in [5.41, 5.74) is 2.67. The summed E-state index contributed by atoms with van der Waals surface area (Å²) in [6.07, 6.45) is 7.67. The number of nitrogens with zero attached hydrogens (tertiary/aromatic N) is 5. The molecule has 1 aromatic carbocycles. The summed E-state index contributed by atoms with van der Waals surface area (Å²) in [4.78, 5) is 6.53. The standard InChI is InChI=1S/C21H24F2N6O/c1-28-8-2-3-15(11-28)25-21-27-26-19(17-10-24-12-29(17)21)16-7-6-14(13-4-5-13)9-18(16)30-20(22)23/h6-7,9-10,12-13,15,20H,2-5,8,11H2,1H3,(H,25,27). The van der Waals surface area contributed by atoms with E-state index in [-0.39, 0.29) is 11.8 Å². The fourth-order valence-corrected chi connectivity index (χ4v) is 4.19. The molecule has 3 heterocycles. The Kier molecular flexibility index (Phi) is 4.98. The summed E-state index contributed by atoms with van der Waals surface area (Å²) in [7, 11) is 2.10. The predicted octanol–water partition coefficient (Wildman–Crippen LogP) is 3.78. The second-order valence-corrected chi connectivity index (χ2v) is 8.18. The summed E-state index contributed by atoms with van der Waals surface area (Å²) in [5, 5.41) is 12.2. The number of alkyl halides is 2. The topological polar surface area (TPSA) is 67.6 Å². The van der Waals surface area contributed by atoms with Gasteiger partial charge in [-0.05, 0) is 62.9 Å². The molecule has 1 saturated carbocycles. The van der Waals surface area contributed by atoms with Gasteiger partial charge in [0.1, 0.15) is 17.8 Å². The lowest BCUT2D eigenvalue weighted by Gasteiger charge is -2.30. The number of hydrogen-bond acceptors (Lipinski definition) is 6. The maximum absolute atomic E-state index is 13.1. The van der Waals surface area contributed by atoms with Crippen LogP contribution in [0.2, 0.25) is 0 Å². The maximum atomic E-state index is 13.1. The molecule has 1 saturated heterocycles. The first-order valence-electron chi connectivity index (χ1n) is 10.3. The zero-order chi connectivity index (χ0) is 20.7. The molecule has 2 aliphatic rings. The number of rotatable bonds is 6. The Balaban J connectivity index is 1.51. The van der Waals surface area contributed by atoms with E-state index in [2.05, 4.69) is 32.4 Å². The van der Waals surface area contributed by atoms with Crippen molar-refractivity contribution >= 4 is 11.5 Å². The van der Waals surface area contributed by atoms with Crippen molar-refractivity contribution in [1.82, 2.24) is 24.5 Å². The first-order valence-corrected chi connectivity index (χ1v) is 10.3. The molecule has 9 heteroatoms. The Labute approximate surface area is 173 Å². The molecule has 7 nitrogen and oxygen atoms in total. The molecule has 2 fully saturated rings. The third-order valence-electron chi connectivity index (χ3n) is 5.84. The van der Waals surface area contributed by atoms with Crippen LogP contribution < -0.4 is 10.1 Å². The molecule has 3 aromatic rings. The Morgan fingerprint density at radius 3 is 2.83 bits per heavy atom. The minimum atomic E-state index is -2.91. The van der Waals surface area contributed by atoms with Gasteiger partial charge in [0.2, 0.25) is 5.95 Å². The molecule has 158 valence electrons. The lowest BCUT2D eigenvalue weighted by molar-refractivity contribution is -0.0495.